The van der Waals surface area contributed by atoms with Gasteiger partial charge in [-0.15, -0.1) is 11.3 Å². The van der Waals surface area contributed by atoms with Gasteiger partial charge in [0.1, 0.15) is 24.1 Å². The summed E-state index contributed by atoms with van der Waals surface area (Å²) in [7, 11) is 0. The van der Waals surface area contributed by atoms with E-state index in [4.69, 9.17) is 4.74 Å². The van der Waals surface area contributed by atoms with Crippen LogP contribution in [0.5, 0.6) is 5.75 Å². The first kappa shape index (κ1) is 35.9. The second-order valence-electron chi connectivity index (χ2n) is 13.2. The highest BCUT2D eigenvalue weighted by Crippen LogP contribution is 2.40. The molecule has 2 fully saturated rings. The number of carbonyl (C=O) groups excluding carboxylic acids is 5. The first-order valence-electron chi connectivity index (χ1n) is 15.9. The molecular formula is C33H44FN5O7S. The van der Waals surface area contributed by atoms with Crippen LogP contribution in [0.3, 0.4) is 0 Å². The third-order valence-corrected chi connectivity index (χ3v) is 9.28. The van der Waals surface area contributed by atoms with Crippen LogP contribution >= 0.6 is 11.3 Å². The fourth-order valence-electron chi connectivity index (χ4n) is 5.35. The number of aromatic nitrogens is 1. The molecule has 256 valence electrons. The summed E-state index contributed by atoms with van der Waals surface area (Å²) in [5.41, 5.74) is 1.21. The number of aliphatic hydroxyl groups is 1. The van der Waals surface area contributed by atoms with Gasteiger partial charge in [0.05, 0.1) is 22.2 Å². The van der Waals surface area contributed by atoms with Crippen molar-refractivity contribution in [1.29, 1.82) is 0 Å². The number of thiazole rings is 1. The zero-order valence-corrected chi connectivity index (χ0v) is 28.1. The molecule has 3 atom stereocenters. The molecule has 1 aromatic carbocycles. The molecule has 2 aromatic rings. The number of aldehydes is 1. The van der Waals surface area contributed by atoms with Crippen LogP contribution in [0.4, 0.5) is 4.39 Å². The maximum atomic E-state index is 14.5. The summed E-state index contributed by atoms with van der Waals surface area (Å²) in [4.78, 5) is 69.2. The van der Waals surface area contributed by atoms with Gasteiger partial charge >= 0.3 is 0 Å². The number of hydrogen-bond donors (Lipinski definition) is 4. The number of β-amino-alcohol motifs (C(OH)–C–C–N with tert-alkyl or cyclic N) is 1. The molecule has 4 rings (SSSR count). The Kier molecular flexibility index (Phi) is 11.7. The highest BCUT2D eigenvalue weighted by molar-refractivity contribution is 7.13. The quantitative estimate of drug-likeness (QED) is 0.165. The van der Waals surface area contributed by atoms with Gasteiger partial charge in [-0.3, -0.25) is 19.2 Å². The maximum Gasteiger partial charge on any atom is 0.258 e. The number of likely N-dealkylation sites (tertiary alicyclic amines) is 1. The van der Waals surface area contributed by atoms with Crippen molar-refractivity contribution in [2.24, 2.45) is 5.41 Å². The van der Waals surface area contributed by atoms with Gasteiger partial charge in [-0.05, 0) is 49.7 Å². The summed E-state index contributed by atoms with van der Waals surface area (Å²) in [6.45, 7) is 7.14. The summed E-state index contributed by atoms with van der Waals surface area (Å²) in [6.07, 6.45) is 1.85. The third kappa shape index (κ3) is 9.34. The molecular weight excluding hydrogens is 629 g/mol. The average Bonchev–Trinajstić information content (AvgIpc) is 3.43. The fourth-order valence-corrected chi connectivity index (χ4v) is 6.15. The van der Waals surface area contributed by atoms with E-state index in [0.29, 0.717) is 37.1 Å². The number of carbonyl (C=O) groups is 5. The summed E-state index contributed by atoms with van der Waals surface area (Å²) in [6, 6.07) is 3.30. The van der Waals surface area contributed by atoms with Gasteiger partial charge in [-0.2, -0.15) is 0 Å². The molecule has 0 spiro atoms. The second kappa shape index (κ2) is 15.3. The minimum absolute atomic E-state index is 0.00185. The van der Waals surface area contributed by atoms with Crippen molar-refractivity contribution >= 4 is 41.3 Å². The molecule has 14 heteroatoms. The predicted molar refractivity (Wildman–Crippen MR) is 173 cm³/mol. The number of nitrogens with one attached hydrogen (secondary N) is 3. The van der Waals surface area contributed by atoms with Crippen molar-refractivity contribution in [3.05, 3.63) is 35.0 Å². The topological polar surface area (TPSA) is 167 Å². The molecule has 1 saturated carbocycles. The number of unbranched alkanes of at least 4 members (excludes halogenated alkanes) is 2. The Balaban J connectivity index is 1.46. The van der Waals surface area contributed by atoms with Crippen LogP contribution in [0.2, 0.25) is 0 Å². The Morgan fingerprint density at radius 2 is 1.96 bits per heavy atom. The van der Waals surface area contributed by atoms with Crippen molar-refractivity contribution < 1.29 is 38.2 Å². The monoisotopic (exact) mass is 673 g/mol. The van der Waals surface area contributed by atoms with Crippen molar-refractivity contribution in [2.75, 3.05) is 19.7 Å². The highest BCUT2D eigenvalue weighted by Gasteiger charge is 2.53. The van der Waals surface area contributed by atoms with Crippen molar-refractivity contribution in [1.82, 2.24) is 25.8 Å². The largest absolute Gasteiger partial charge is 0.483 e. The Labute approximate surface area is 277 Å². The lowest BCUT2D eigenvalue weighted by molar-refractivity contribution is -0.145. The first-order valence-corrected chi connectivity index (χ1v) is 16.7. The Bertz CT molecular complexity index is 1470. The van der Waals surface area contributed by atoms with Gasteiger partial charge < -0.3 is 35.5 Å². The van der Waals surface area contributed by atoms with E-state index in [0.717, 1.165) is 22.4 Å². The number of rotatable bonds is 15. The number of ether oxygens (including phenoxy) is 1. The van der Waals surface area contributed by atoms with Gasteiger partial charge in [-0.25, -0.2) is 9.37 Å². The molecule has 0 unspecified atom stereocenters. The number of amides is 4. The van der Waals surface area contributed by atoms with Crippen LogP contribution < -0.4 is 20.7 Å². The number of halogens is 1. The molecule has 47 heavy (non-hydrogen) atoms. The highest BCUT2D eigenvalue weighted by atomic mass is 32.1. The molecule has 4 amide bonds. The summed E-state index contributed by atoms with van der Waals surface area (Å²) in [5.74, 6) is -1.89. The van der Waals surface area contributed by atoms with E-state index in [2.05, 4.69) is 20.9 Å². The summed E-state index contributed by atoms with van der Waals surface area (Å²) < 4.78 is 20.4. The van der Waals surface area contributed by atoms with Crippen molar-refractivity contribution in [3.63, 3.8) is 0 Å². The van der Waals surface area contributed by atoms with Crippen LogP contribution in [0.25, 0.3) is 10.4 Å². The zero-order chi connectivity index (χ0) is 34.4. The number of aliphatic hydroxyl groups excluding tert-OH is 1. The maximum absolute atomic E-state index is 14.5. The molecule has 4 N–H and O–H groups in total. The second-order valence-corrected chi connectivity index (χ2v) is 14.1. The number of hydrogen-bond acceptors (Lipinski definition) is 9. The number of nitrogens with zero attached hydrogens (tertiary/aromatic N) is 2. The van der Waals surface area contributed by atoms with Crippen LogP contribution in [0, 0.1) is 12.3 Å². The van der Waals surface area contributed by atoms with E-state index in [9.17, 15) is 33.5 Å². The Morgan fingerprint density at radius 1 is 1.21 bits per heavy atom. The van der Waals surface area contributed by atoms with E-state index in [1.54, 1.807) is 38.4 Å². The summed E-state index contributed by atoms with van der Waals surface area (Å²) in [5, 5.41) is 18.6. The van der Waals surface area contributed by atoms with Gasteiger partial charge in [0.25, 0.3) is 11.8 Å². The lowest BCUT2D eigenvalue weighted by Gasteiger charge is -2.35. The van der Waals surface area contributed by atoms with Crippen LogP contribution in [0.15, 0.2) is 23.7 Å². The Morgan fingerprint density at radius 3 is 2.60 bits per heavy atom. The van der Waals surface area contributed by atoms with Gasteiger partial charge in [0, 0.05) is 38.0 Å². The van der Waals surface area contributed by atoms with E-state index >= 15 is 0 Å². The normalized spacial score (nSPS) is 19.1. The third-order valence-electron chi connectivity index (χ3n) is 8.31. The molecule has 0 radical (unpaired) electrons. The van der Waals surface area contributed by atoms with Crippen LogP contribution in [0.1, 0.15) is 70.6 Å². The minimum atomic E-state index is -1.98. The average molecular weight is 674 g/mol. The smallest absolute Gasteiger partial charge is 0.258 e. The SMILES string of the molecule is Cc1ncsc1-c1ccc(CNC(=O)[C@@H]2C[C@@H](O)CN2C(=O)[C@@H](NC(=O)C2(F)CC2)C(C)(C)C)c(OCC(=O)NCCCCC=O)c1. The lowest BCUT2D eigenvalue weighted by atomic mass is 9.85. The lowest BCUT2D eigenvalue weighted by Crippen LogP contribution is -2.59. The molecule has 1 saturated heterocycles. The minimum Gasteiger partial charge on any atom is -0.483 e. The van der Waals surface area contributed by atoms with Crippen molar-refractivity contribution in [2.45, 2.75) is 96.6 Å². The molecule has 2 aliphatic rings. The van der Waals surface area contributed by atoms with Crippen molar-refractivity contribution in [3.8, 4) is 16.2 Å². The van der Waals surface area contributed by atoms with E-state index in [-0.39, 0.29) is 44.9 Å². The summed E-state index contributed by atoms with van der Waals surface area (Å²) >= 11 is 1.46. The number of benzene rings is 1. The predicted octanol–water partition coefficient (Wildman–Crippen LogP) is 2.59. The first-order chi connectivity index (χ1) is 22.2. The number of aryl methyl sites for hydroxylation is 1. The molecule has 2 heterocycles. The molecule has 0 bridgehead atoms. The molecule has 1 aliphatic heterocycles. The van der Waals surface area contributed by atoms with Gasteiger partial charge in [0.15, 0.2) is 12.3 Å². The molecule has 1 aliphatic carbocycles. The van der Waals surface area contributed by atoms with E-state index in [1.165, 1.54) is 16.2 Å². The van der Waals surface area contributed by atoms with Crippen LogP contribution in [-0.2, 0) is 30.5 Å². The van der Waals surface area contributed by atoms with E-state index < -0.39 is 47.0 Å². The van der Waals surface area contributed by atoms with Gasteiger partial charge in [0.2, 0.25) is 11.8 Å². The zero-order valence-electron chi connectivity index (χ0n) is 27.3. The van der Waals surface area contributed by atoms with Gasteiger partial charge in [-0.1, -0.05) is 32.9 Å². The molecule has 12 nitrogen and oxygen atoms in total. The fraction of sp³-hybridized carbons (Fsp3) is 0.576. The van der Waals surface area contributed by atoms with E-state index in [1.807, 2.05) is 13.0 Å². The number of alkyl halides is 1. The standard InChI is InChI=1S/C33H44FN5O7S/c1-20-27(47-19-37-20)21-8-9-22(25(14-21)46-18-26(42)35-12-6-5-7-13-40)16-36-29(43)24-15-23(41)17-39(24)30(44)28(32(2,3)4)38-31(45)33(34)10-11-33/h8-9,13-14,19,23-24,28,41H,5-7,10-12,15-18H2,1-4H3,(H,35,42)(H,36,43)(H,38,45)/t23-,24+,28-/m1/s1. The Hall–Kier alpha value is -3.91. The van der Waals surface area contributed by atoms with Crippen LogP contribution in [-0.4, -0.2) is 88.5 Å². The molecule has 1 aromatic heterocycles.